The minimum atomic E-state index is -3.07. The number of ether oxygens (including phenoxy) is 1. The largest absolute Gasteiger partial charge is 0.588 e. The first-order chi connectivity index (χ1) is 14.9. The molecule has 0 saturated heterocycles. The highest BCUT2D eigenvalue weighted by Gasteiger charge is 2.23. The number of aromatic amines is 1. The second-order valence-electron chi connectivity index (χ2n) is 6.48. The highest BCUT2D eigenvalue weighted by molar-refractivity contribution is 7.93. The summed E-state index contributed by atoms with van der Waals surface area (Å²) in [6.45, 7) is 0.0410. The van der Waals surface area contributed by atoms with Crippen LogP contribution in [0.3, 0.4) is 0 Å². The van der Waals surface area contributed by atoms with Crippen LogP contribution in [0.2, 0.25) is 0 Å². The van der Waals surface area contributed by atoms with Gasteiger partial charge < -0.3 is 15.0 Å². The quantitative estimate of drug-likeness (QED) is 0.366. The van der Waals surface area contributed by atoms with Crippen molar-refractivity contribution >= 4 is 33.9 Å². The average Bonchev–Trinajstić information content (AvgIpc) is 3.15. The van der Waals surface area contributed by atoms with Gasteiger partial charge in [0, 0.05) is 6.20 Å². The molecule has 4 rings (SSSR count). The Balaban J connectivity index is 1.71. The van der Waals surface area contributed by atoms with E-state index in [1.165, 1.54) is 18.2 Å². The molecule has 0 aliphatic heterocycles. The summed E-state index contributed by atoms with van der Waals surface area (Å²) >= 11 is -2.61. The number of anilines is 2. The molecular formula is C20H16F3N5O2S. The van der Waals surface area contributed by atoms with Crippen molar-refractivity contribution in [2.24, 2.45) is 0 Å². The van der Waals surface area contributed by atoms with E-state index < -0.39 is 17.1 Å². The lowest BCUT2D eigenvalue weighted by Gasteiger charge is -2.16. The zero-order valence-electron chi connectivity index (χ0n) is 15.8. The van der Waals surface area contributed by atoms with Gasteiger partial charge in [-0.15, -0.1) is 0 Å². The summed E-state index contributed by atoms with van der Waals surface area (Å²) in [5, 5.41) is 7.29. The van der Waals surface area contributed by atoms with Gasteiger partial charge in [-0.3, -0.25) is 5.10 Å². The lowest BCUT2D eigenvalue weighted by Crippen LogP contribution is -2.21. The molecule has 0 spiro atoms. The van der Waals surface area contributed by atoms with Crippen LogP contribution in [-0.4, -0.2) is 25.5 Å². The molecule has 0 radical (unpaired) electrons. The van der Waals surface area contributed by atoms with E-state index in [0.717, 1.165) is 0 Å². The van der Waals surface area contributed by atoms with Gasteiger partial charge in [-0.05, 0) is 47.0 Å². The van der Waals surface area contributed by atoms with E-state index in [0.29, 0.717) is 27.7 Å². The topological polar surface area (TPSA) is 112 Å². The molecule has 160 valence electrons. The van der Waals surface area contributed by atoms with Gasteiger partial charge in [-0.1, -0.05) is 18.2 Å². The number of nitrogens with one attached hydrogen (secondary N) is 2. The van der Waals surface area contributed by atoms with Crippen molar-refractivity contribution in [1.82, 2.24) is 15.2 Å². The maximum Gasteiger partial charge on any atom is 0.421 e. The number of rotatable bonds is 7. The van der Waals surface area contributed by atoms with Crippen molar-refractivity contribution in [2.45, 2.75) is 12.4 Å². The number of nitrogens with zero attached hydrogens (tertiary/aromatic N) is 2. The van der Waals surface area contributed by atoms with E-state index in [2.05, 4.69) is 19.9 Å². The van der Waals surface area contributed by atoms with Gasteiger partial charge in [-0.25, -0.2) is 9.37 Å². The van der Waals surface area contributed by atoms with Crippen LogP contribution < -0.4 is 15.2 Å². The third-order valence-electron chi connectivity index (χ3n) is 4.46. The molecule has 1 atom stereocenters. The van der Waals surface area contributed by atoms with Gasteiger partial charge in [0.05, 0.1) is 5.39 Å². The van der Waals surface area contributed by atoms with E-state index in [4.69, 9.17) is 10.5 Å². The van der Waals surface area contributed by atoms with Crippen molar-refractivity contribution in [2.75, 3.05) is 10.5 Å². The Kier molecular flexibility index (Phi) is 5.87. The molecular weight excluding hydrogens is 431 g/mol. The smallest absolute Gasteiger partial charge is 0.421 e. The van der Waals surface area contributed by atoms with Gasteiger partial charge >= 0.3 is 5.76 Å². The van der Waals surface area contributed by atoms with Gasteiger partial charge in [0.2, 0.25) is 0 Å². The summed E-state index contributed by atoms with van der Waals surface area (Å²) in [5.74, 6) is -3.02. The van der Waals surface area contributed by atoms with Gasteiger partial charge in [0.15, 0.2) is 11.5 Å². The number of aromatic nitrogens is 3. The maximum atomic E-state index is 13.1. The number of alkyl halides is 2. The molecule has 2 aromatic carbocycles. The number of pyridine rings is 1. The zero-order valence-corrected chi connectivity index (χ0v) is 16.6. The standard InChI is InChI=1S/C20H16F3N5O2S/c21-13-4-1-11(2-5-13)10-30-16-9-12(3-6-15(16)28-31(29)20(22)23)14-7-8-25-19-17(14)18(24)26-27-19/h1-9,20,28H,10H2,(H3,24,25,26,27). The fourth-order valence-electron chi connectivity index (χ4n) is 3.00. The van der Waals surface area contributed by atoms with Crippen LogP contribution in [-0.2, 0) is 18.0 Å². The van der Waals surface area contributed by atoms with Gasteiger partial charge in [-0.2, -0.15) is 18.6 Å². The molecule has 0 aliphatic rings. The van der Waals surface area contributed by atoms with Crippen molar-refractivity contribution < 1.29 is 22.5 Å². The fourth-order valence-corrected chi connectivity index (χ4v) is 3.48. The monoisotopic (exact) mass is 447 g/mol. The van der Waals surface area contributed by atoms with Crippen LogP contribution in [0.25, 0.3) is 22.2 Å². The first-order valence-corrected chi connectivity index (χ1v) is 10.2. The summed E-state index contributed by atoms with van der Waals surface area (Å²) in [7, 11) is 0. The van der Waals surface area contributed by atoms with Crippen molar-refractivity contribution in [3.8, 4) is 16.9 Å². The molecule has 2 aromatic heterocycles. The zero-order chi connectivity index (χ0) is 22.0. The lowest BCUT2D eigenvalue weighted by atomic mass is 10.0. The Morgan fingerprint density at radius 3 is 2.68 bits per heavy atom. The number of hydrogen-bond donors (Lipinski definition) is 3. The van der Waals surface area contributed by atoms with Crippen LogP contribution in [0.4, 0.5) is 24.7 Å². The first kappa shape index (κ1) is 20.8. The van der Waals surface area contributed by atoms with Crippen LogP contribution in [0.5, 0.6) is 5.75 Å². The normalized spacial score (nSPS) is 12.3. The van der Waals surface area contributed by atoms with Crippen molar-refractivity contribution in [1.29, 1.82) is 0 Å². The second-order valence-corrected chi connectivity index (χ2v) is 7.63. The van der Waals surface area contributed by atoms with Crippen molar-refractivity contribution in [3.05, 3.63) is 66.1 Å². The number of benzene rings is 2. The Morgan fingerprint density at radius 2 is 1.94 bits per heavy atom. The number of halogens is 3. The third kappa shape index (κ3) is 4.52. The molecule has 4 N–H and O–H groups in total. The maximum absolute atomic E-state index is 13.1. The van der Waals surface area contributed by atoms with Crippen LogP contribution in [0.15, 0.2) is 54.7 Å². The van der Waals surface area contributed by atoms with Gasteiger partial charge in [0.25, 0.3) is 0 Å². The molecule has 31 heavy (non-hydrogen) atoms. The van der Waals surface area contributed by atoms with Gasteiger partial charge in [0.1, 0.15) is 35.2 Å². The summed E-state index contributed by atoms with van der Waals surface area (Å²) in [6.07, 6.45) is 1.58. The van der Waals surface area contributed by atoms with Crippen molar-refractivity contribution in [3.63, 3.8) is 0 Å². The van der Waals surface area contributed by atoms with E-state index in [-0.39, 0.29) is 29.7 Å². The molecule has 11 heteroatoms. The fraction of sp³-hybridized carbons (Fsp3) is 0.100. The SMILES string of the molecule is Nc1n[nH]c2nccc(-c3ccc(N[S+]([O-])C(F)F)c(OCc4ccc(F)cc4)c3)c12. The number of nitrogens with two attached hydrogens (primary N) is 1. The summed E-state index contributed by atoms with van der Waals surface area (Å²) in [5.41, 5.74) is 8.58. The molecule has 0 aliphatic carbocycles. The molecule has 1 unspecified atom stereocenters. The predicted octanol–water partition coefficient (Wildman–Crippen LogP) is 4.22. The highest BCUT2D eigenvalue weighted by Crippen LogP contribution is 2.36. The molecule has 4 aromatic rings. The second kappa shape index (κ2) is 8.74. The average molecular weight is 447 g/mol. The summed E-state index contributed by atoms with van der Waals surface area (Å²) in [4.78, 5) is 4.17. The predicted molar refractivity (Wildman–Crippen MR) is 112 cm³/mol. The number of fused-ring (bicyclic) bond motifs is 1. The number of H-pyrrole nitrogens is 1. The Hall–Kier alpha value is -3.44. The molecule has 0 saturated carbocycles. The molecule has 2 heterocycles. The summed E-state index contributed by atoms with van der Waals surface area (Å²) < 4.78 is 58.4. The van der Waals surface area contributed by atoms with E-state index in [9.17, 15) is 17.7 Å². The number of nitrogen functional groups attached to an aromatic ring is 1. The van der Waals surface area contributed by atoms with E-state index in [1.54, 1.807) is 36.5 Å². The Bertz CT molecular complexity index is 1200. The van der Waals surface area contributed by atoms with Crippen LogP contribution in [0, 0.1) is 5.82 Å². The Morgan fingerprint density at radius 1 is 1.16 bits per heavy atom. The molecule has 0 fully saturated rings. The van der Waals surface area contributed by atoms with E-state index in [1.807, 2.05) is 0 Å². The van der Waals surface area contributed by atoms with Crippen LogP contribution >= 0.6 is 0 Å². The van der Waals surface area contributed by atoms with E-state index >= 15 is 0 Å². The Labute approximate surface area is 177 Å². The number of hydrogen-bond acceptors (Lipinski definition) is 6. The lowest BCUT2D eigenvalue weighted by molar-refractivity contribution is 0.236. The third-order valence-corrected chi connectivity index (χ3v) is 5.21. The minimum Gasteiger partial charge on any atom is -0.588 e. The summed E-state index contributed by atoms with van der Waals surface area (Å²) in [6, 6.07) is 12.1. The minimum absolute atomic E-state index is 0.0410. The molecule has 0 amide bonds. The highest BCUT2D eigenvalue weighted by atomic mass is 32.2. The van der Waals surface area contributed by atoms with Crippen LogP contribution in [0.1, 0.15) is 5.56 Å². The molecule has 7 nitrogen and oxygen atoms in total. The molecule has 0 bridgehead atoms. The first-order valence-electron chi connectivity index (χ1n) is 8.98.